The molecule has 1 heterocycles. The van der Waals surface area contributed by atoms with Gasteiger partial charge in [-0.05, 0) is 30.7 Å². The second-order valence-corrected chi connectivity index (χ2v) is 7.85. The molecular weight excluding hydrogens is 376 g/mol. The number of methoxy groups -OCH3 is 2. The zero-order chi connectivity index (χ0) is 19.7. The van der Waals surface area contributed by atoms with Gasteiger partial charge < -0.3 is 19.5 Å². The van der Waals surface area contributed by atoms with Crippen LogP contribution in [-0.4, -0.2) is 62.6 Å². The number of piperazine rings is 1. The van der Waals surface area contributed by atoms with Gasteiger partial charge in [-0.15, -0.1) is 0 Å². The zero-order valence-corrected chi connectivity index (χ0v) is 17.2. The summed E-state index contributed by atoms with van der Waals surface area (Å²) < 4.78 is 11.1. The van der Waals surface area contributed by atoms with E-state index in [0.29, 0.717) is 6.42 Å². The Morgan fingerprint density at radius 3 is 2.11 bits per heavy atom. The molecule has 5 nitrogen and oxygen atoms in total. The molecule has 6 heteroatoms. The van der Waals surface area contributed by atoms with Crippen molar-refractivity contribution in [3.63, 3.8) is 0 Å². The van der Waals surface area contributed by atoms with Gasteiger partial charge >= 0.3 is 0 Å². The number of nitrogens with zero attached hydrogens (tertiary/aromatic N) is 2. The van der Waals surface area contributed by atoms with E-state index in [1.54, 1.807) is 14.2 Å². The van der Waals surface area contributed by atoms with Crippen molar-refractivity contribution in [1.82, 2.24) is 4.90 Å². The van der Waals surface area contributed by atoms with E-state index < -0.39 is 6.10 Å². The number of ether oxygens (including phenoxy) is 2. The maximum Gasteiger partial charge on any atom is 0.122 e. The summed E-state index contributed by atoms with van der Waals surface area (Å²) in [5.74, 6) is 1.71. The van der Waals surface area contributed by atoms with Gasteiger partial charge in [-0.2, -0.15) is 0 Å². The summed E-state index contributed by atoms with van der Waals surface area (Å²) in [6.07, 6.45) is 0.939. The SMILES string of the molecule is COc1ccc(OC)c2c1C[C@H](O)[C@@H](N1CCN(c3ccccc3Cl)CC1)C2. The maximum atomic E-state index is 10.9. The van der Waals surface area contributed by atoms with E-state index in [2.05, 4.69) is 15.9 Å². The standard InChI is InChI=1S/C22H27ClN2O3/c1-27-21-7-8-22(28-2)16-14-20(26)19(13-15(16)21)25-11-9-24(10-12-25)18-6-4-3-5-17(18)23/h3-8,19-20,26H,9-14H2,1-2H3/t19-,20-/m0/s1. The first-order valence-electron chi connectivity index (χ1n) is 9.76. The molecule has 2 aromatic carbocycles. The lowest BCUT2D eigenvalue weighted by molar-refractivity contribution is 0.0385. The highest BCUT2D eigenvalue weighted by molar-refractivity contribution is 6.33. The van der Waals surface area contributed by atoms with E-state index in [9.17, 15) is 5.11 Å². The van der Waals surface area contributed by atoms with E-state index in [0.717, 1.165) is 65.9 Å². The second kappa shape index (κ2) is 8.19. The maximum absolute atomic E-state index is 10.9. The fraction of sp³-hybridized carbons (Fsp3) is 0.455. The van der Waals surface area contributed by atoms with Crippen molar-refractivity contribution in [3.8, 4) is 11.5 Å². The van der Waals surface area contributed by atoms with Gasteiger partial charge in [0.25, 0.3) is 0 Å². The molecule has 0 saturated carbocycles. The molecule has 1 aliphatic carbocycles. The van der Waals surface area contributed by atoms with Crippen LogP contribution in [0.1, 0.15) is 11.1 Å². The lowest BCUT2D eigenvalue weighted by atomic mass is 9.84. The molecule has 1 aliphatic heterocycles. The number of hydrogen-bond acceptors (Lipinski definition) is 5. The van der Waals surface area contributed by atoms with Gasteiger partial charge in [0.05, 0.1) is 31.0 Å². The van der Waals surface area contributed by atoms with Gasteiger partial charge in [0, 0.05) is 49.8 Å². The lowest BCUT2D eigenvalue weighted by Gasteiger charge is -2.44. The van der Waals surface area contributed by atoms with Crippen LogP contribution in [0.25, 0.3) is 0 Å². The quantitative estimate of drug-likeness (QED) is 0.851. The molecule has 150 valence electrons. The number of benzene rings is 2. The van der Waals surface area contributed by atoms with E-state index in [-0.39, 0.29) is 6.04 Å². The summed E-state index contributed by atoms with van der Waals surface area (Å²) >= 11 is 6.36. The molecule has 0 aromatic heterocycles. The highest BCUT2D eigenvalue weighted by Crippen LogP contribution is 2.38. The molecule has 1 saturated heterocycles. The molecule has 0 amide bonds. The molecule has 28 heavy (non-hydrogen) atoms. The van der Waals surface area contributed by atoms with Gasteiger partial charge in [0.15, 0.2) is 0 Å². The van der Waals surface area contributed by atoms with Crippen molar-refractivity contribution < 1.29 is 14.6 Å². The van der Waals surface area contributed by atoms with Crippen LogP contribution in [0.5, 0.6) is 11.5 Å². The summed E-state index contributed by atoms with van der Waals surface area (Å²) in [5, 5.41) is 11.7. The Hall–Kier alpha value is -1.95. The third-order valence-electron chi connectivity index (χ3n) is 6.03. The number of fused-ring (bicyclic) bond motifs is 1. The van der Waals surface area contributed by atoms with E-state index in [1.165, 1.54) is 0 Å². The molecule has 0 spiro atoms. The first-order chi connectivity index (χ1) is 13.6. The van der Waals surface area contributed by atoms with Crippen molar-refractivity contribution in [3.05, 3.63) is 52.5 Å². The summed E-state index contributed by atoms with van der Waals surface area (Å²) in [5.41, 5.74) is 3.32. The third-order valence-corrected chi connectivity index (χ3v) is 6.35. The fourth-order valence-corrected chi connectivity index (χ4v) is 4.80. The number of rotatable bonds is 4. The summed E-state index contributed by atoms with van der Waals surface area (Å²) in [4.78, 5) is 4.73. The minimum atomic E-state index is -0.416. The Kier molecular flexibility index (Phi) is 5.67. The van der Waals surface area contributed by atoms with Gasteiger partial charge in [0.2, 0.25) is 0 Å². The molecule has 2 atom stereocenters. The number of para-hydroxylation sites is 1. The highest BCUT2D eigenvalue weighted by Gasteiger charge is 2.36. The first kappa shape index (κ1) is 19.4. The Balaban J connectivity index is 1.50. The topological polar surface area (TPSA) is 45.2 Å². The summed E-state index contributed by atoms with van der Waals surface area (Å²) in [7, 11) is 3.37. The smallest absolute Gasteiger partial charge is 0.122 e. The fourth-order valence-electron chi connectivity index (χ4n) is 4.55. The summed E-state index contributed by atoms with van der Waals surface area (Å²) in [6, 6.07) is 12.0. The van der Waals surface area contributed by atoms with Gasteiger partial charge in [-0.25, -0.2) is 0 Å². The van der Waals surface area contributed by atoms with Crippen LogP contribution in [0.4, 0.5) is 5.69 Å². The lowest BCUT2D eigenvalue weighted by Crippen LogP contribution is -2.56. The first-order valence-corrected chi connectivity index (χ1v) is 10.1. The minimum Gasteiger partial charge on any atom is -0.496 e. The van der Waals surface area contributed by atoms with Crippen molar-refractivity contribution in [2.75, 3.05) is 45.3 Å². The number of aliphatic hydroxyl groups is 1. The Morgan fingerprint density at radius 2 is 1.50 bits per heavy atom. The molecule has 0 radical (unpaired) electrons. The predicted molar refractivity (Wildman–Crippen MR) is 112 cm³/mol. The zero-order valence-electron chi connectivity index (χ0n) is 16.4. The van der Waals surface area contributed by atoms with Crippen LogP contribution < -0.4 is 14.4 Å². The second-order valence-electron chi connectivity index (χ2n) is 7.44. The van der Waals surface area contributed by atoms with Crippen molar-refractivity contribution >= 4 is 17.3 Å². The van der Waals surface area contributed by atoms with Crippen molar-refractivity contribution in [2.24, 2.45) is 0 Å². The van der Waals surface area contributed by atoms with Crippen LogP contribution in [0, 0.1) is 0 Å². The largest absolute Gasteiger partial charge is 0.496 e. The molecule has 1 N–H and O–H groups in total. The number of anilines is 1. The van der Waals surface area contributed by atoms with Crippen LogP contribution >= 0.6 is 11.6 Å². The Bertz CT molecular complexity index is 837. The Morgan fingerprint density at radius 1 is 0.893 bits per heavy atom. The van der Waals surface area contributed by atoms with E-state index in [4.69, 9.17) is 21.1 Å². The predicted octanol–water partition coefficient (Wildman–Crippen LogP) is 3.01. The molecular formula is C22H27ClN2O3. The number of halogens is 1. The van der Waals surface area contributed by atoms with Crippen LogP contribution in [-0.2, 0) is 12.8 Å². The van der Waals surface area contributed by atoms with Crippen LogP contribution in [0.2, 0.25) is 5.02 Å². The molecule has 1 fully saturated rings. The molecule has 2 aromatic rings. The number of hydrogen-bond donors (Lipinski definition) is 1. The van der Waals surface area contributed by atoms with Crippen molar-refractivity contribution in [1.29, 1.82) is 0 Å². The molecule has 2 aliphatic rings. The van der Waals surface area contributed by atoms with Gasteiger partial charge in [-0.3, -0.25) is 4.90 Å². The molecule has 0 bridgehead atoms. The molecule has 4 rings (SSSR count). The third kappa shape index (κ3) is 3.54. The summed E-state index contributed by atoms with van der Waals surface area (Å²) in [6.45, 7) is 3.59. The van der Waals surface area contributed by atoms with Crippen LogP contribution in [0.15, 0.2) is 36.4 Å². The Labute approximate surface area is 171 Å². The average Bonchev–Trinajstić information content (AvgIpc) is 2.73. The number of aliphatic hydroxyl groups excluding tert-OH is 1. The normalized spacial score (nSPS) is 22.6. The monoisotopic (exact) mass is 402 g/mol. The van der Waals surface area contributed by atoms with E-state index >= 15 is 0 Å². The van der Waals surface area contributed by atoms with Gasteiger partial charge in [0.1, 0.15) is 11.5 Å². The van der Waals surface area contributed by atoms with Crippen molar-refractivity contribution in [2.45, 2.75) is 25.0 Å². The van der Waals surface area contributed by atoms with E-state index in [1.807, 2.05) is 30.3 Å². The highest BCUT2D eigenvalue weighted by atomic mass is 35.5. The average molecular weight is 403 g/mol. The van der Waals surface area contributed by atoms with Crippen LogP contribution in [0.3, 0.4) is 0 Å². The minimum absolute atomic E-state index is 0.0851. The molecule has 0 unspecified atom stereocenters. The van der Waals surface area contributed by atoms with Gasteiger partial charge in [-0.1, -0.05) is 23.7 Å².